The number of piperidine rings is 1. The Balaban J connectivity index is 0.00000272. The van der Waals surface area contributed by atoms with Crippen molar-refractivity contribution in [3.8, 4) is 0 Å². The van der Waals surface area contributed by atoms with Gasteiger partial charge in [0.1, 0.15) is 12.2 Å². The predicted octanol–water partition coefficient (Wildman–Crippen LogP) is 3.16. The largest absolute Gasteiger partial charge is 0.353 e. The number of likely N-dealkylation sites (tertiary alicyclic amines) is 2. The molecule has 3 heterocycles. The van der Waals surface area contributed by atoms with Gasteiger partial charge in [0.25, 0.3) is 0 Å². The number of hydrogen-bond donors (Lipinski definition) is 1. The van der Waals surface area contributed by atoms with Crippen LogP contribution in [0.15, 0.2) is 41.7 Å². The summed E-state index contributed by atoms with van der Waals surface area (Å²) in [6, 6.07) is 11.3. The molecular weight excluding hydrogens is 501 g/mol. The normalized spacial score (nSPS) is 18.2. The maximum absolute atomic E-state index is 4.98. The van der Waals surface area contributed by atoms with Gasteiger partial charge >= 0.3 is 0 Å². The fraction of sp³-hybridized carbons (Fsp3) is 0.609. The quantitative estimate of drug-likeness (QED) is 0.334. The van der Waals surface area contributed by atoms with Crippen molar-refractivity contribution in [2.24, 2.45) is 4.99 Å². The molecule has 2 aliphatic rings. The van der Waals surface area contributed by atoms with Gasteiger partial charge in [-0.25, -0.2) is 0 Å². The van der Waals surface area contributed by atoms with E-state index in [9.17, 15) is 0 Å². The first-order valence-corrected chi connectivity index (χ1v) is 11.5. The molecule has 0 radical (unpaired) electrons. The van der Waals surface area contributed by atoms with E-state index < -0.39 is 0 Å². The number of rotatable bonds is 7. The zero-order valence-electron chi connectivity index (χ0n) is 18.6. The number of guanidine groups is 1. The summed E-state index contributed by atoms with van der Waals surface area (Å²) in [6.45, 7) is 9.28. The van der Waals surface area contributed by atoms with Gasteiger partial charge in [-0.2, -0.15) is 0 Å². The maximum atomic E-state index is 4.98. The zero-order chi connectivity index (χ0) is 20.6. The summed E-state index contributed by atoms with van der Waals surface area (Å²) >= 11 is 0. The van der Waals surface area contributed by atoms with Gasteiger partial charge in [0, 0.05) is 51.7 Å². The second-order valence-corrected chi connectivity index (χ2v) is 8.37. The molecule has 0 bridgehead atoms. The van der Waals surface area contributed by atoms with Crippen molar-refractivity contribution in [2.75, 3.05) is 32.7 Å². The average molecular weight is 537 g/mol. The Morgan fingerprint density at radius 3 is 2.55 bits per heavy atom. The van der Waals surface area contributed by atoms with Crippen molar-refractivity contribution < 1.29 is 0 Å². The molecule has 2 saturated heterocycles. The Morgan fingerprint density at radius 1 is 1.10 bits per heavy atom. The zero-order valence-corrected chi connectivity index (χ0v) is 20.9. The molecule has 0 saturated carbocycles. The lowest BCUT2D eigenvalue weighted by Crippen LogP contribution is -2.49. The fourth-order valence-corrected chi connectivity index (χ4v) is 4.43. The molecule has 8 heteroatoms. The van der Waals surface area contributed by atoms with E-state index in [0.717, 1.165) is 64.0 Å². The summed E-state index contributed by atoms with van der Waals surface area (Å²) in [6.07, 6.45) is 7.60. The molecule has 1 N–H and O–H groups in total. The molecule has 0 aliphatic carbocycles. The van der Waals surface area contributed by atoms with Crippen molar-refractivity contribution in [1.82, 2.24) is 29.9 Å². The molecule has 0 unspecified atom stereocenters. The minimum atomic E-state index is 0. The van der Waals surface area contributed by atoms with E-state index in [0.29, 0.717) is 6.04 Å². The van der Waals surface area contributed by atoms with E-state index in [1.807, 2.05) is 6.33 Å². The van der Waals surface area contributed by atoms with Gasteiger partial charge in [-0.1, -0.05) is 37.3 Å². The number of halogens is 1. The number of aliphatic imine (C=N–C) groups is 1. The van der Waals surface area contributed by atoms with Crippen molar-refractivity contribution >= 4 is 29.9 Å². The van der Waals surface area contributed by atoms with Crippen LogP contribution in [0, 0.1) is 0 Å². The highest BCUT2D eigenvalue weighted by atomic mass is 127. The molecule has 7 nitrogen and oxygen atoms in total. The molecule has 170 valence electrons. The Bertz CT molecular complexity index is 793. The van der Waals surface area contributed by atoms with E-state index in [1.165, 1.54) is 31.2 Å². The Kier molecular flexibility index (Phi) is 9.57. The summed E-state index contributed by atoms with van der Waals surface area (Å²) in [5, 5.41) is 12.0. The number of aryl methyl sites for hydroxylation is 1. The Labute approximate surface area is 203 Å². The van der Waals surface area contributed by atoms with Crippen LogP contribution in [-0.4, -0.2) is 69.3 Å². The SMILES string of the molecule is CCc1nncn1CCN=C(NC1CCN(Cc2ccccc2)CC1)N1CCCC1.I. The number of nitrogens with one attached hydrogen (secondary N) is 1. The van der Waals surface area contributed by atoms with Gasteiger partial charge in [-0.15, -0.1) is 34.2 Å². The average Bonchev–Trinajstić information content (AvgIpc) is 3.47. The molecule has 4 rings (SSSR count). The molecule has 1 aromatic heterocycles. The van der Waals surface area contributed by atoms with Crippen LogP contribution in [0.25, 0.3) is 0 Å². The predicted molar refractivity (Wildman–Crippen MR) is 136 cm³/mol. The van der Waals surface area contributed by atoms with Crippen molar-refractivity contribution in [3.05, 3.63) is 48.0 Å². The third-order valence-electron chi connectivity index (χ3n) is 6.19. The molecule has 2 aliphatic heterocycles. The fourth-order valence-electron chi connectivity index (χ4n) is 4.43. The molecule has 2 aromatic rings. The number of hydrogen-bond acceptors (Lipinski definition) is 4. The van der Waals surface area contributed by atoms with Gasteiger partial charge < -0.3 is 14.8 Å². The molecule has 31 heavy (non-hydrogen) atoms. The highest BCUT2D eigenvalue weighted by Gasteiger charge is 2.23. The summed E-state index contributed by atoms with van der Waals surface area (Å²) in [4.78, 5) is 9.98. The first-order chi connectivity index (χ1) is 14.8. The number of nitrogens with zero attached hydrogens (tertiary/aromatic N) is 6. The van der Waals surface area contributed by atoms with Gasteiger partial charge in [0.05, 0.1) is 6.54 Å². The van der Waals surface area contributed by atoms with Crippen LogP contribution in [0.3, 0.4) is 0 Å². The third-order valence-corrected chi connectivity index (χ3v) is 6.19. The van der Waals surface area contributed by atoms with Gasteiger partial charge in [-0.3, -0.25) is 9.89 Å². The maximum Gasteiger partial charge on any atom is 0.194 e. The van der Waals surface area contributed by atoms with Gasteiger partial charge in [0.15, 0.2) is 5.96 Å². The third kappa shape index (κ3) is 6.90. The van der Waals surface area contributed by atoms with E-state index in [-0.39, 0.29) is 24.0 Å². The highest BCUT2D eigenvalue weighted by Crippen LogP contribution is 2.15. The molecular formula is C23H36IN7. The first kappa shape index (κ1) is 24.0. The van der Waals surface area contributed by atoms with Crippen molar-refractivity contribution in [3.63, 3.8) is 0 Å². The van der Waals surface area contributed by atoms with Crippen LogP contribution in [0.1, 0.15) is 44.0 Å². The molecule has 0 amide bonds. The lowest BCUT2D eigenvalue weighted by molar-refractivity contribution is 0.197. The first-order valence-electron chi connectivity index (χ1n) is 11.5. The summed E-state index contributed by atoms with van der Waals surface area (Å²) in [5.41, 5.74) is 1.41. The van der Waals surface area contributed by atoms with Gasteiger partial charge in [-0.05, 0) is 31.2 Å². The van der Waals surface area contributed by atoms with Crippen LogP contribution in [-0.2, 0) is 19.5 Å². The lowest BCUT2D eigenvalue weighted by Gasteiger charge is -2.34. The van der Waals surface area contributed by atoms with Crippen LogP contribution in [0.5, 0.6) is 0 Å². The van der Waals surface area contributed by atoms with Crippen LogP contribution < -0.4 is 5.32 Å². The van der Waals surface area contributed by atoms with Crippen LogP contribution in [0.2, 0.25) is 0 Å². The van der Waals surface area contributed by atoms with E-state index in [1.54, 1.807) is 0 Å². The van der Waals surface area contributed by atoms with Crippen LogP contribution in [0.4, 0.5) is 0 Å². The summed E-state index contributed by atoms with van der Waals surface area (Å²) in [5.74, 6) is 2.13. The molecule has 1 aromatic carbocycles. The lowest BCUT2D eigenvalue weighted by atomic mass is 10.0. The smallest absolute Gasteiger partial charge is 0.194 e. The van der Waals surface area contributed by atoms with Crippen molar-refractivity contribution in [2.45, 2.75) is 58.2 Å². The highest BCUT2D eigenvalue weighted by molar-refractivity contribution is 14.0. The summed E-state index contributed by atoms with van der Waals surface area (Å²) in [7, 11) is 0. The monoisotopic (exact) mass is 537 g/mol. The minimum Gasteiger partial charge on any atom is -0.353 e. The topological polar surface area (TPSA) is 61.6 Å². The van der Waals surface area contributed by atoms with Crippen molar-refractivity contribution in [1.29, 1.82) is 0 Å². The number of benzene rings is 1. The standard InChI is InChI=1S/C23H35N7.HI/c1-2-22-27-25-19-30(22)17-12-24-23(29-13-6-7-14-29)26-21-10-15-28(16-11-21)18-20-8-4-3-5-9-20;/h3-5,8-9,19,21H,2,6-7,10-18H2,1H3,(H,24,26);1H. The Morgan fingerprint density at radius 2 is 1.84 bits per heavy atom. The second kappa shape index (κ2) is 12.4. The minimum absolute atomic E-state index is 0. The summed E-state index contributed by atoms with van der Waals surface area (Å²) < 4.78 is 2.12. The van der Waals surface area contributed by atoms with E-state index in [4.69, 9.17) is 4.99 Å². The van der Waals surface area contributed by atoms with E-state index >= 15 is 0 Å². The second-order valence-electron chi connectivity index (χ2n) is 8.37. The van der Waals surface area contributed by atoms with E-state index in [2.05, 4.69) is 67.1 Å². The molecule has 0 spiro atoms. The van der Waals surface area contributed by atoms with Gasteiger partial charge in [0.2, 0.25) is 0 Å². The number of aromatic nitrogens is 3. The molecule has 2 fully saturated rings. The van der Waals surface area contributed by atoms with Crippen LogP contribution >= 0.6 is 24.0 Å². The molecule has 0 atom stereocenters. The Hall–Kier alpha value is -1.68.